The fourth-order valence-electron chi connectivity index (χ4n) is 3.11. The topological polar surface area (TPSA) is 75.7 Å². The van der Waals surface area contributed by atoms with Gasteiger partial charge in [0.05, 0.1) is 4.90 Å². The van der Waals surface area contributed by atoms with Crippen LogP contribution in [-0.2, 0) is 21.4 Å². The number of hydrogen-bond donors (Lipinski definition) is 1. The smallest absolute Gasteiger partial charge is 0.262 e. The maximum Gasteiger partial charge on any atom is 0.262 e. The number of anilines is 1. The van der Waals surface area contributed by atoms with Crippen LogP contribution < -0.4 is 10.1 Å². The molecular weight excluding hydrogens is 424 g/mol. The van der Waals surface area contributed by atoms with Gasteiger partial charge in [-0.15, -0.1) is 0 Å². The van der Waals surface area contributed by atoms with Gasteiger partial charge in [-0.25, -0.2) is 8.42 Å². The molecule has 0 aromatic heterocycles. The Morgan fingerprint density at radius 2 is 1.56 bits per heavy atom. The molecule has 3 aromatic rings. The van der Waals surface area contributed by atoms with E-state index in [4.69, 9.17) is 4.74 Å². The Morgan fingerprint density at radius 1 is 0.938 bits per heavy atom. The minimum atomic E-state index is -3.64. The zero-order valence-corrected chi connectivity index (χ0v) is 19.3. The summed E-state index contributed by atoms with van der Waals surface area (Å²) in [5, 5.41) is 2.72. The van der Waals surface area contributed by atoms with E-state index < -0.39 is 10.0 Å². The molecule has 0 aliphatic rings. The Labute approximate surface area is 189 Å². The second kappa shape index (κ2) is 10.4. The number of rotatable bonds is 9. The molecule has 1 amide bonds. The number of ether oxygens (including phenoxy) is 1. The monoisotopic (exact) mass is 452 g/mol. The van der Waals surface area contributed by atoms with Crippen LogP contribution in [0.5, 0.6) is 5.75 Å². The summed E-state index contributed by atoms with van der Waals surface area (Å²) >= 11 is 0. The molecule has 168 valence electrons. The van der Waals surface area contributed by atoms with Crippen molar-refractivity contribution < 1.29 is 17.9 Å². The summed E-state index contributed by atoms with van der Waals surface area (Å²) in [5.74, 6) is 0.722. The maximum absolute atomic E-state index is 12.8. The predicted molar refractivity (Wildman–Crippen MR) is 126 cm³/mol. The minimum Gasteiger partial charge on any atom is -0.484 e. The van der Waals surface area contributed by atoms with E-state index in [0.29, 0.717) is 17.4 Å². The van der Waals surface area contributed by atoms with E-state index in [9.17, 15) is 13.2 Å². The third kappa shape index (κ3) is 6.18. The Morgan fingerprint density at radius 3 is 2.16 bits per heavy atom. The molecule has 0 aliphatic heterocycles. The van der Waals surface area contributed by atoms with Crippen molar-refractivity contribution in [3.63, 3.8) is 0 Å². The lowest BCUT2D eigenvalue weighted by molar-refractivity contribution is -0.118. The molecule has 6 nitrogen and oxygen atoms in total. The van der Waals surface area contributed by atoms with Crippen LogP contribution >= 0.6 is 0 Å². The summed E-state index contributed by atoms with van der Waals surface area (Å²) in [6.45, 7) is 4.36. The van der Waals surface area contributed by atoms with Crippen molar-refractivity contribution in [3.05, 3.63) is 90.0 Å². The molecule has 32 heavy (non-hydrogen) atoms. The van der Waals surface area contributed by atoms with Gasteiger partial charge in [0.1, 0.15) is 5.75 Å². The molecule has 3 aromatic carbocycles. The third-order valence-corrected chi connectivity index (χ3v) is 6.83. The van der Waals surface area contributed by atoms with Gasteiger partial charge < -0.3 is 10.1 Å². The molecule has 0 unspecified atom stereocenters. The number of hydrogen-bond acceptors (Lipinski definition) is 4. The van der Waals surface area contributed by atoms with E-state index in [1.54, 1.807) is 19.2 Å². The number of nitrogens with zero attached hydrogens (tertiary/aromatic N) is 1. The highest BCUT2D eigenvalue weighted by Crippen LogP contribution is 2.20. The van der Waals surface area contributed by atoms with Gasteiger partial charge in [0.2, 0.25) is 10.0 Å². The van der Waals surface area contributed by atoms with Gasteiger partial charge in [0.25, 0.3) is 5.91 Å². The lowest BCUT2D eigenvalue weighted by Crippen LogP contribution is -2.26. The summed E-state index contributed by atoms with van der Waals surface area (Å²) in [5.41, 5.74) is 2.60. The molecule has 7 heteroatoms. The molecule has 3 rings (SSSR count). The zero-order valence-electron chi connectivity index (χ0n) is 18.5. The SMILES string of the molecule is CC(C)c1ccc(OCC(=O)Nc2ccc(S(=O)(=O)N(C)Cc3ccccc3)cc2)cc1. The summed E-state index contributed by atoms with van der Waals surface area (Å²) in [6, 6.07) is 23.1. The van der Waals surface area contributed by atoms with Gasteiger partial charge in [0.15, 0.2) is 6.61 Å². The van der Waals surface area contributed by atoms with E-state index in [1.165, 1.54) is 22.0 Å². The Kier molecular flexibility index (Phi) is 7.66. The molecule has 0 saturated heterocycles. The van der Waals surface area contributed by atoms with Crippen molar-refractivity contribution in [3.8, 4) is 5.75 Å². The van der Waals surface area contributed by atoms with Crippen LogP contribution in [0.3, 0.4) is 0 Å². The van der Waals surface area contributed by atoms with Crippen LogP contribution in [0.25, 0.3) is 0 Å². The van der Waals surface area contributed by atoms with E-state index in [1.807, 2.05) is 54.6 Å². The average Bonchev–Trinajstić information content (AvgIpc) is 2.79. The lowest BCUT2D eigenvalue weighted by Gasteiger charge is -2.17. The summed E-state index contributed by atoms with van der Waals surface area (Å²) in [7, 11) is -2.10. The third-order valence-electron chi connectivity index (χ3n) is 5.01. The highest BCUT2D eigenvalue weighted by Gasteiger charge is 2.21. The summed E-state index contributed by atoms with van der Waals surface area (Å²) in [4.78, 5) is 12.4. The standard InChI is InChI=1S/C25H28N2O4S/c1-19(2)21-9-13-23(14-10-21)31-18-25(28)26-22-11-15-24(16-12-22)32(29,30)27(3)17-20-7-5-4-6-8-20/h4-16,19H,17-18H2,1-3H3,(H,26,28). The Hall–Kier alpha value is -3.16. The Balaban J connectivity index is 1.55. The second-order valence-electron chi connectivity index (χ2n) is 7.83. The van der Waals surface area contributed by atoms with Crippen molar-refractivity contribution in [2.24, 2.45) is 0 Å². The van der Waals surface area contributed by atoms with Crippen molar-refractivity contribution in [2.45, 2.75) is 31.2 Å². The summed E-state index contributed by atoms with van der Waals surface area (Å²) in [6.07, 6.45) is 0. The van der Waals surface area contributed by atoms with Crippen molar-refractivity contribution in [1.29, 1.82) is 0 Å². The van der Waals surface area contributed by atoms with Crippen LogP contribution in [0.1, 0.15) is 30.9 Å². The van der Waals surface area contributed by atoms with Crippen LogP contribution in [0.15, 0.2) is 83.8 Å². The van der Waals surface area contributed by atoms with Crippen LogP contribution in [-0.4, -0.2) is 32.3 Å². The first-order chi connectivity index (χ1) is 15.3. The molecule has 0 heterocycles. The molecule has 0 fully saturated rings. The Bertz CT molecular complexity index is 1130. The average molecular weight is 453 g/mol. The van der Waals surface area contributed by atoms with Crippen molar-refractivity contribution in [1.82, 2.24) is 4.31 Å². The van der Waals surface area contributed by atoms with Gasteiger partial charge in [-0.05, 0) is 53.4 Å². The molecule has 0 bridgehead atoms. The minimum absolute atomic E-state index is 0.138. The normalized spacial score (nSPS) is 11.5. The second-order valence-corrected chi connectivity index (χ2v) is 9.88. The molecule has 0 atom stereocenters. The largest absolute Gasteiger partial charge is 0.484 e. The lowest BCUT2D eigenvalue weighted by atomic mass is 10.0. The van der Waals surface area contributed by atoms with E-state index in [2.05, 4.69) is 19.2 Å². The fourth-order valence-corrected chi connectivity index (χ4v) is 4.27. The molecule has 0 radical (unpaired) electrons. The molecule has 0 saturated carbocycles. The van der Waals surface area contributed by atoms with E-state index in [-0.39, 0.29) is 24.0 Å². The summed E-state index contributed by atoms with van der Waals surface area (Å²) < 4.78 is 32.5. The number of carbonyl (C=O) groups is 1. The quantitative estimate of drug-likeness (QED) is 0.513. The van der Waals surface area contributed by atoms with Crippen LogP contribution in [0.2, 0.25) is 0 Å². The van der Waals surface area contributed by atoms with Crippen molar-refractivity contribution >= 4 is 21.6 Å². The molecular formula is C25H28N2O4S. The predicted octanol–water partition coefficient (Wildman–Crippen LogP) is 4.65. The molecule has 0 aliphatic carbocycles. The maximum atomic E-state index is 12.8. The van der Waals surface area contributed by atoms with Crippen LogP contribution in [0, 0.1) is 0 Å². The fraction of sp³-hybridized carbons (Fsp3) is 0.240. The van der Waals surface area contributed by atoms with Gasteiger partial charge in [-0.1, -0.05) is 56.3 Å². The zero-order chi connectivity index (χ0) is 23.1. The van der Waals surface area contributed by atoms with Gasteiger partial charge >= 0.3 is 0 Å². The van der Waals surface area contributed by atoms with Gasteiger partial charge in [0, 0.05) is 19.3 Å². The van der Waals surface area contributed by atoms with E-state index >= 15 is 0 Å². The number of carbonyl (C=O) groups excluding carboxylic acids is 1. The number of nitrogens with one attached hydrogen (secondary N) is 1. The number of amides is 1. The highest BCUT2D eigenvalue weighted by molar-refractivity contribution is 7.89. The van der Waals surface area contributed by atoms with E-state index in [0.717, 1.165) is 5.56 Å². The van der Waals surface area contributed by atoms with Gasteiger partial charge in [-0.2, -0.15) is 4.31 Å². The first-order valence-electron chi connectivity index (χ1n) is 10.4. The molecule has 1 N–H and O–H groups in total. The van der Waals surface area contributed by atoms with Gasteiger partial charge in [-0.3, -0.25) is 4.79 Å². The number of benzene rings is 3. The van der Waals surface area contributed by atoms with Crippen LogP contribution in [0.4, 0.5) is 5.69 Å². The highest BCUT2D eigenvalue weighted by atomic mass is 32.2. The molecule has 0 spiro atoms. The first-order valence-corrected chi connectivity index (χ1v) is 11.8. The van der Waals surface area contributed by atoms with Crippen molar-refractivity contribution in [2.75, 3.05) is 19.0 Å². The number of sulfonamides is 1. The first kappa shape index (κ1) is 23.5.